The number of hydrogen-bond donors (Lipinski definition) is 2. The van der Waals surface area contributed by atoms with E-state index in [2.05, 4.69) is 17.2 Å². The zero-order valence-corrected chi connectivity index (χ0v) is 17.0. The lowest BCUT2D eigenvalue weighted by atomic mass is 9.96. The average Bonchev–Trinajstić information content (AvgIpc) is 2.76. The third-order valence-electron chi connectivity index (χ3n) is 4.27. The highest BCUT2D eigenvalue weighted by atomic mass is 19.1. The maximum atomic E-state index is 13.9. The lowest BCUT2D eigenvalue weighted by Gasteiger charge is -2.23. The number of hydrogen-bond acceptors (Lipinski definition) is 5. The molecule has 2 N–H and O–H groups in total. The summed E-state index contributed by atoms with van der Waals surface area (Å²) in [5.41, 5.74) is 1.98. The number of rotatable bonds is 9. The van der Waals surface area contributed by atoms with Crippen molar-refractivity contribution in [3.05, 3.63) is 95.5 Å². The maximum absolute atomic E-state index is 13.9. The molecule has 1 atom stereocenters. The van der Waals surface area contributed by atoms with Crippen LogP contribution in [-0.2, 0) is 20.8 Å². The second kappa shape index (κ2) is 11.4. The quantitative estimate of drug-likeness (QED) is 0.370. The average molecular weight is 412 g/mol. The Hall–Kier alpha value is -3.61. The number of esters is 1. The molecule has 0 aliphatic heterocycles. The normalized spacial score (nSPS) is 12.2. The van der Waals surface area contributed by atoms with Crippen molar-refractivity contribution in [2.45, 2.75) is 19.5 Å². The third kappa shape index (κ3) is 6.48. The van der Waals surface area contributed by atoms with Crippen molar-refractivity contribution in [3.63, 3.8) is 0 Å². The summed E-state index contributed by atoms with van der Waals surface area (Å²) in [4.78, 5) is 24.9. The number of carbonyl (C=O) groups excluding carboxylic acids is 2. The van der Waals surface area contributed by atoms with Crippen LogP contribution in [0.1, 0.15) is 24.1 Å². The molecule has 0 aliphatic carbocycles. The molecule has 2 rings (SSSR count). The highest BCUT2D eigenvalue weighted by molar-refractivity contribution is 5.91. The van der Waals surface area contributed by atoms with Gasteiger partial charge in [0, 0.05) is 12.2 Å². The van der Waals surface area contributed by atoms with Crippen LogP contribution in [-0.4, -0.2) is 25.8 Å². The Morgan fingerprint density at radius 2 is 1.90 bits per heavy atom. The number of allylic oxidation sites excluding steroid dienone is 1. The number of carbonyl (C=O) groups is 2. The first-order chi connectivity index (χ1) is 14.5. The second-order valence-corrected chi connectivity index (χ2v) is 6.39. The molecule has 0 saturated carbocycles. The lowest BCUT2D eigenvalue weighted by molar-refractivity contribution is -0.136. The number of nitrogens with one attached hydrogen (secondary N) is 2. The predicted octanol–water partition coefficient (Wildman–Crippen LogP) is 4.02. The summed E-state index contributed by atoms with van der Waals surface area (Å²) in [7, 11) is 1.24. The van der Waals surface area contributed by atoms with Gasteiger partial charge in [0.05, 0.1) is 18.7 Å². The molecule has 0 spiro atoms. The maximum Gasteiger partial charge on any atom is 0.408 e. The van der Waals surface area contributed by atoms with Gasteiger partial charge in [0.25, 0.3) is 0 Å². The van der Waals surface area contributed by atoms with Crippen LogP contribution in [0, 0.1) is 5.82 Å². The van der Waals surface area contributed by atoms with E-state index >= 15 is 0 Å². The predicted molar refractivity (Wildman–Crippen MR) is 112 cm³/mol. The van der Waals surface area contributed by atoms with E-state index in [4.69, 9.17) is 9.47 Å². The molecule has 0 fully saturated rings. The molecule has 0 aliphatic rings. The summed E-state index contributed by atoms with van der Waals surface area (Å²) >= 11 is 0. The van der Waals surface area contributed by atoms with Gasteiger partial charge in [-0.2, -0.15) is 0 Å². The number of benzene rings is 2. The SMILES string of the molecule is C=CCOC(=O)N[C@H](/C(C(=O)OC)=C(\C)NCc1ccccc1)c1cccc(F)c1. The van der Waals surface area contributed by atoms with E-state index in [0.29, 0.717) is 17.8 Å². The monoisotopic (exact) mass is 412 g/mol. The van der Waals surface area contributed by atoms with Crippen LogP contribution in [0.4, 0.5) is 9.18 Å². The molecule has 0 bridgehead atoms. The van der Waals surface area contributed by atoms with Gasteiger partial charge in [-0.15, -0.1) is 0 Å². The van der Waals surface area contributed by atoms with Crippen molar-refractivity contribution in [1.29, 1.82) is 0 Å². The van der Waals surface area contributed by atoms with Crippen molar-refractivity contribution in [2.24, 2.45) is 0 Å². The molecule has 6 nitrogen and oxygen atoms in total. The number of alkyl carbamates (subject to hydrolysis) is 1. The summed E-state index contributed by atoms with van der Waals surface area (Å²) in [5, 5.41) is 5.79. The lowest BCUT2D eigenvalue weighted by Crippen LogP contribution is -2.34. The summed E-state index contributed by atoms with van der Waals surface area (Å²) in [6.07, 6.45) is 0.641. The van der Waals surface area contributed by atoms with Crippen LogP contribution in [0.2, 0.25) is 0 Å². The molecule has 1 amide bonds. The zero-order chi connectivity index (χ0) is 21.9. The van der Waals surface area contributed by atoms with Gasteiger partial charge in [-0.3, -0.25) is 0 Å². The molecule has 0 heterocycles. The van der Waals surface area contributed by atoms with Crippen molar-refractivity contribution in [2.75, 3.05) is 13.7 Å². The van der Waals surface area contributed by atoms with Crippen molar-refractivity contribution in [1.82, 2.24) is 10.6 Å². The van der Waals surface area contributed by atoms with Crippen LogP contribution >= 0.6 is 0 Å². The van der Waals surface area contributed by atoms with Crippen LogP contribution in [0.25, 0.3) is 0 Å². The van der Waals surface area contributed by atoms with E-state index in [1.165, 1.54) is 31.4 Å². The molecule has 2 aromatic carbocycles. The highest BCUT2D eigenvalue weighted by Gasteiger charge is 2.28. The second-order valence-electron chi connectivity index (χ2n) is 6.39. The van der Waals surface area contributed by atoms with Gasteiger partial charge < -0.3 is 20.1 Å². The highest BCUT2D eigenvalue weighted by Crippen LogP contribution is 2.26. The Bertz CT molecular complexity index is 912. The smallest absolute Gasteiger partial charge is 0.408 e. The number of amides is 1. The molecule has 2 aromatic rings. The fraction of sp³-hybridized carbons (Fsp3) is 0.217. The first-order valence-electron chi connectivity index (χ1n) is 9.32. The van der Waals surface area contributed by atoms with Crippen molar-refractivity contribution >= 4 is 12.1 Å². The van der Waals surface area contributed by atoms with Gasteiger partial charge in [0.15, 0.2) is 0 Å². The molecule has 0 unspecified atom stereocenters. The largest absolute Gasteiger partial charge is 0.466 e. The Morgan fingerprint density at radius 3 is 2.53 bits per heavy atom. The van der Waals surface area contributed by atoms with E-state index in [1.54, 1.807) is 13.0 Å². The fourth-order valence-electron chi connectivity index (χ4n) is 2.83. The Morgan fingerprint density at radius 1 is 1.17 bits per heavy atom. The van der Waals surface area contributed by atoms with Crippen molar-refractivity contribution < 1.29 is 23.5 Å². The zero-order valence-electron chi connectivity index (χ0n) is 17.0. The topological polar surface area (TPSA) is 76.7 Å². The van der Waals surface area contributed by atoms with E-state index in [-0.39, 0.29) is 12.2 Å². The molecular formula is C23H25FN2O4. The van der Waals surface area contributed by atoms with Crippen LogP contribution in [0.15, 0.2) is 78.5 Å². The van der Waals surface area contributed by atoms with Crippen molar-refractivity contribution in [3.8, 4) is 0 Å². The van der Waals surface area contributed by atoms with Crippen LogP contribution in [0.3, 0.4) is 0 Å². The Kier molecular flexibility index (Phi) is 8.62. The van der Waals surface area contributed by atoms with E-state index in [0.717, 1.165) is 5.56 Å². The summed E-state index contributed by atoms with van der Waals surface area (Å²) < 4.78 is 23.8. The van der Waals surface area contributed by atoms with Gasteiger partial charge in [-0.25, -0.2) is 14.0 Å². The number of methoxy groups -OCH3 is 1. The molecule has 0 aromatic heterocycles. The van der Waals surface area contributed by atoms with Gasteiger partial charge in [0.2, 0.25) is 0 Å². The van der Waals surface area contributed by atoms with Gasteiger partial charge in [-0.1, -0.05) is 55.1 Å². The minimum atomic E-state index is -0.992. The molecule has 0 saturated heterocycles. The van der Waals surface area contributed by atoms with Gasteiger partial charge in [0.1, 0.15) is 12.4 Å². The summed E-state index contributed by atoms with van der Waals surface area (Å²) in [6, 6.07) is 14.2. The Labute approximate surface area is 175 Å². The van der Waals surface area contributed by atoms with E-state index in [9.17, 15) is 14.0 Å². The molecule has 158 valence electrons. The molecule has 30 heavy (non-hydrogen) atoms. The molecule has 0 radical (unpaired) electrons. The van der Waals surface area contributed by atoms with E-state index in [1.807, 2.05) is 30.3 Å². The van der Waals surface area contributed by atoms with E-state index < -0.39 is 23.9 Å². The Balaban J connectivity index is 2.42. The number of halogens is 1. The minimum Gasteiger partial charge on any atom is -0.466 e. The summed E-state index contributed by atoms with van der Waals surface area (Å²) in [6.45, 7) is 5.62. The van der Waals surface area contributed by atoms with Crippen LogP contribution < -0.4 is 10.6 Å². The third-order valence-corrected chi connectivity index (χ3v) is 4.27. The minimum absolute atomic E-state index is 0.00971. The number of ether oxygens (including phenoxy) is 2. The van der Waals surface area contributed by atoms with Gasteiger partial charge >= 0.3 is 12.1 Å². The molecule has 7 heteroatoms. The standard InChI is InChI=1S/C23H25FN2O4/c1-4-13-30-23(28)26-21(18-11-8-12-19(24)14-18)20(22(27)29-3)16(2)25-15-17-9-6-5-7-10-17/h4-12,14,21,25H,1,13,15H2,2-3H3,(H,26,28)/b20-16-/t21-/m0/s1. The molecular weight excluding hydrogens is 387 g/mol. The van der Waals surface area contributed by atoms with Gasteiger partial charge in [-0.05, 0) is 30.2 Å². The fourth-order valence-corrected chi connectivity index (χ4v) is 2.83. The summed E-state index contributed by atoms with van der Waals surface area (Å²) in [5.74, 6) is -1.16. The van der Waals surface area contributed by atoms with Crippen LogP contribution in [0.5, 0.6) is 0 Å². The first kappa shape index (κ1) is 22.7. The first-order valence-corrected chi connectivity index (χ1v) is 9.32.